The van der Waals surface area contributed by atoms with Crippen molar-refractivity contribution in [2.45, 2.75) is 18.4 Å². The second-order valence-electron chi connectivity index (χ2n) is 8.04. The van der Waals surface area contributed by atoms with Crippen LogP contribution in [0.15, 0.2) is 91.0 Å². The molecule has 2 aliphatic rings. The average molecular weight is 444 g/mol. The minimum absolute atomic E-state index is 0.391. The van der Waals surface area contributed by atoms with Gasteiger partial charge in [-0.2, -0.15) is 0 Å². The summed E-state index contributed by atoms with van der Waals surface area (Å²) in [6, 6.07) is 26.8. The van der Waals surface area contributed by atoms with Gasteiger partial charge in [-0.1, -0.05) is 60.7 Å². The maximum atomic E-state index is 12.5. The summed E-state index contributed by atoms with van der Waals surface area (Å²) in [5, 5.41) is 4.45. The van der Waals surface area contributed by atoms with Crippen LogP contribution in [0.25, 0.3) is 5.70 Å². The van der Waals surface area contributed by atoms with Crippen molar-refractivity contribution in [3.8, 4) is 11.5 Å². The molecule has 1 saturated heterocycles. The number of amides is 1. The van der Waals surface area contributed by atoms with E-state index in [2.05, 4.69) is 16.9 Å². The molecule has 1 fully saturated rings. The molecule has 0 aromatic heterocycles. The molecule has 1 spiro atoms. The molecule has 7 heteroatoms. The third-order valence-electron chi connectivity index (χ3n) is 5.73. The maximum Gasteiger partial charge on any atom is 0.430 e. The van der Waals surface area contributed by atoms with Crippen molar-refractivity contribution in [3.05, 3.63) is 96.6 Å². The second kappa shape index (κ2) is 9.36. The van der Waals surface area contributed by atoms with Gasteiger partial charge in [0.05, 0.1) is 11.4 Å². The van der Waals surface area contributed by atoms with Crippen LogP contribution in [0.3, 0.4) is 0 Å². The number of hydrogen-bond donors (Lipinski definition) is 2. The summed E-state index contributed by atoms with van der Waals surface area (Å²) in [5.41, 5.74) is 5.26. The van der Waals surface area contributed by atoms with E-state index in [1.54, 1.807) is 17.2 Å². The number of carbonyl (C=O) groups excluding carboxylic acids is 1. The van der Waals surface area contributed by atoms with Crippen LogP contribution in [0.4, 0.5) is 10.5 Å². The summed E-state index contributed by atoms with van der Waals surface area (Å²) in [6.45, 7) is 1.13. The third kappa shape index (κ3) is 5.00. The lowest BCUT2D eigenvalue weighted by atomic mass is 9.91. The molecule has 0 saturated carbocycles. The van der Waals surface area contributed by atoms with Crippen molar-refractivity contribution in [1.29, 1.82) is 0 Å². The highest BCUT2D eigenvalue weighted by Crippen LogP contribution is 2.35. The highest BCUT2D eigenvalue weighted by molar-refractivity contribution is 5.86. The molecule has 2 aliphatic heterocycles. The van der Waals surface area contributed by atoms with Crippen molar-refractivity contribution in [3.63, 3.8) is 0 Å². The first-order valence-electron chi connectivity index (χ1n) is 11.0. The van der Waals surface area contributed by atoms with Crippen LogP contribution >= 0.6 is 0 Å². The van der Waals surface area contributed by atoms with Crippen LogP contribution in [0.2, 0.25) is 0 Å². The highest BCUT2D eigenvalue weighted by atomic mass is 16.7. The molecule has 168 valence electrons. The van der Waals surface area contributed by atoms with Crippen LogP contribution < -0.4 is 15.5 Å². The lowest BCUT2D eigenvalue weighted by Gasteiger charge is -2.35. The van der Waals surface area contributed by atoms with E-state index in [9.17, 15) is 4.79 Å². The summed E-state index contributed by atoms with van der Waals surface area (Å²) in [6.07, 6.45) is 2.99. The molecule has 0 bridgehead atoms. The lowest BCUT2D eigenvalue weighted by Crippen LogP contribution is -2.45. The van der Waals surface area contributed by atoms with Crippen molar-refractivity contribution >= 4 is 17.5 Å². The van der Waals surface area contributed by atoms with Gasteiger partial charge < -0.3 is 9.57 Å². The van der Waals surface area contributed by atoms with Gasteiger partial charge in [0.1, 0.15) is 11.4 Å². The summed E-state index contributed by atoms with van der Waals surface area (Å²) in [4.78, 5) is 24.0. The van der Waals surface area contributed by atoms with Crippen LogP contribution in [-0.4, -0.2) is 29.8 Å². The summed E-state index contributed by atoms with van der Waals surface area (Å²) >= 11 is 0. The van der Waals surface area contributed by atoms with Crippen molar-refractivity contribution < 1.29 is 19.2 Å². The standard InChI is InChI=1S/C26H25N3O4/c30-25(27-22-13-7-8-14-24(22)31-21-11-5-2-6-12-21)32-29-17-15-26(16-18-29)19-23(28-33-26)20-9-3-1-4-10-20/h1-14,19,28H,15-18H2,(H,27,30). The molecule has 0 radical (unpaired) electrons. The van der Waals surface area contributed by atoms with E-state index in [4.69, 9.17) is 14.4 Å². The summed E-state index contributed by atoms with van der Waals surface area (Å²) < 4.78 is 5.90. The molecule has 5 rings (SSSR count). The van der Waals surface area contributed by atoms with Gasteiger partial charge in [0, 0.05) is 13.1 Å². The van der Waals surface area contributed by atoms with Crippen LogP contribution in [0, 0.1) is 0 Å². The molecule has 0 aliphatic carbocycles. The minimum atomic E-state index is -0.555. The van der Waals surface area contributed by atoms with Crippen molar-refractivity contribution in [1.82, 2.24) is 10.5 Å². The van der Waals surface area contributed by atoms with E-state index in [-0.39, 0.29) is 0 Å². The Bertz CT molecular complexity index is 1130. The number of hydrogen-bond acceptors (Lipinski definition) is 6. The summed E-state index contributed by atoms with van der Waals surface area (Å²) in [5.74, 6) is 1.23. The van der Waals surface area contributed by atoms with Crippen molar-refractivity contribution in [2.75, 3.05) is 18.4 Å². The predicted octanol–water partition coefficient (Wildman–Crippen LogP) is 5.35. The monoisotopic (exact) mass is 443 g/mol. The number of benzene rings is 3. The van der Waals surface area contributed by atoms with Crippen LogP contribution in [-0.2, 0) is 9.68 Å². The Kier molecular flexibility index (Phi) is 5.97. The van der Waals surface area contributed by atoms with E-state index in [0.29, 0.717) is 43.1 Å². The Morgan fingerprint density at radius 2 is 1.58 bits per heavy atom. The van der Waals surface area contributed by atoms with Gasteiger partial charge in [-0.25, -0.2) is 4.79 Å². The Balaban J connectivity index is 1.16. The van der Waals surface area contributed by atoms with E-state index < -0.39 is 11.7 Å². The molecule has 2 heterocycles. The quantitative estimate of drug-likeness (QED) is 0.554. The third-order valence-corrected chi connectivity index (χ3v) is 5.73. The van der Waals surface area contributed by atoms with Gasteiger partial charge in [0.15, 0.2) is 5.75 Å². The number of piperidine rings is 1. The van der Waals surface area contributed by atoms with E-state index in [0.717, 1.165) is 11.3 Å². The fourth-order valence-electron chi connectivity index (χ4n) is 3.97. The Morgan fingerprint density at radius 3 is 2.33 bits per heavy atom. The SMILES string of the molecule is O=C(Nc1ccccc1Oc1ccccc1)ON1CCC2(C=C(c3ccccc3)NO2)CC1. The van der Waals surface area contributed by atoms with Gasteiger partial charge in [0.25, 0.3) is 0 Å². The number of carbonyl (C=O) groups is 1. The number of nitrogens with zero attached hydrogens (tertiary/aromatic N) is 1. The fraction of sp³-hybridized carbons (Fsp3) is 0.192. The smallest absolute Gasteiger partial charge is 0.430 e. The molecular weight excluding hydrogens is 418 g/mol. The number of nitrogens with one attached hydrogen (secondary N) is 2. The Morgan fingerprint density at radius 1 is 0.909 bits per heavy atom. The number of rotatable bonds is 5. The molecule has 0 unspecified atom stereocenters. The van der Waals surface area contributed by atoms with E-state index in [1.807, 2.05) is 72.8 Å². The zero-order chi connectivity index (χ0) is 22.5. The summed E-state index contributed by atoms with van der Waals surface area (Å²) in [7, 11) is 0. The van der Waals surface area contributed by atoms with Crippen LogP contribution in [0.1, 0.15) is 18.4 Å². The van der Waals surface area contributed by atoms with E-state index >= 15 is 0 Å². The lowest BCUT2D eigenvalue weighted by molar-refractivity contribution is -0.153. The number of para-hydroxylation sites is 3. The van der Waals surface area contributed by atoms with Gasteiger partial charge in [-0.05, 0) is 48.7 Å². The number of anilines is 1. The molecule has 3 aromatic carbocycles. The normalized spacial score (nSPS) is 17.2. The molecule has 1 amide bonds. The largest absolute Gasteiger partial charge is 0.455 e. The van der Waals surface area contributed by atoms with Gasteiger partial charge in [0.2, 0.25) is 0 Å². The zero-order valence-corrected chi connectivity index (χ0v) is 18.1. The fourth-order valence-corrected chi connectivity index (χ4v) is 3.97. The Hall–Kier alpha value is -3.81. The first-order valence-corrected chi connectivity index (χ1v) is 11.0. The topological polar surface area (TPSA) is 72.1 Å². The predicted molar refractivity (Wildman–Crippen MR) is 125 cm³/mol. The molecular formula is C26H25N3O4. The van der Waals surface area contributed by atoms with Crippen LogP contribution in [0.5, 0.6) is 11.5 Å². The average Bonchev–Trinajstić information content (AvgIpc) is 3.27. The first-order chi connectivity index (χ1) is 16.2. The molecule has 33 heavy (non-hydrogen) atoms. The van der Waals surface area contributed by atoms with Gasteiger partial charge in [-0.3, -0.25) is 15.6 Å². The molecule has 2 N–H and O–H groups in total. The minimum Gasteiger partial charge on any atom is -0.455 e. The molecule has 0 atom stereocenters. The maximum absolute atomic E-state index is 12.5. The zero-order valence-electron chi connectivity index (χ0n) is 18.1. The van der Waals surface area contributed by atoms with Gasteiger partial charge >= 0.3 is 6.09 Å². The first kappa shape index (κ1) is 21.1. The van der Waals surface area contributed by atoms with Crippen molar-refractivity contribution in [2.24, 2.45) is 0 Å². The number of ether oxygens (including phenoxy) is 1. The molecule has 3 aromatic rings. The number of hydroxylamine groups is 3. The molecule has 7 nitrogen and oxygen atoms in total. The second-order valence-corrected chi connectivity index (χ2v) is 8.04. The Labute approximate surface area is 192 Å². The highest BCUT2D eigenvalue weighted by Gasteiger charge is 2.39. The van der Waals surface area contributed by atoms with E-state index in [1.165, 1.54) is 0 Å². The van der Waals surface area contributed by atoms with Gasteiger partial charge in [-0.15, -0.1) is 5.06 Å².